The number of rotatable bonds is 4. The molecule has 0 bridgehead atoms. The van der Waals surface area contributed by atoms with Crippen molar-refractivity contribution >= 4 is 0 Å². The lowest BCUT2D eigenvalue weighted by Gasteiger charge is -2.31. The van der Waals surface area contributed by atoms with Gasteiger partial charge in [-0.25, -0.2) is 9.97 Å². The van der Waals surface area contributed by atoms with E-state index in [9.17, 15) is 0 Å². The van der Waals surface area contributed by atoms with Crippen LogP contribution in [0.3, 0.4) is 0 Å². The third kappa shape index (κ3) is 3.66. The van der Waals surface area contributed by atoms with Gasteiger partial charge in [0, 0.05) is 48.2 Å². The Bertz CT molecular complexity index is 608. The first-order chi connectivity index (χ1) is 11.9. The van der Waals surface area contributed by atoms with Crippen molar-refractivity contribution in [2.24, 2.45) is 0 Å². The second-order valence-electron chi connectivity index (χ2n) is 7.35. The van der Waals surface area contributed by atoms with Gasteiger partial charge in [0.15, 0.2) is 0 Å². The van der Waals surface area contributed by atoms with Gasteiger partial charge in [-0.2, -0.15) is 5.10 Å². The third-order valence-electron chi connectivity index (χ3n) is 5.65. The molecule has 3 heterocycles. The first kappa shape index (κ1) is 15.8. The van der Waals surface area contributed by atoms with Crippen LogP contribution >= 0.6 is 0 Å². The smallest absolute Gasteiger partial charge is 0.131 e. The molecule has 4 rings (SSSR count). The summed E-state index contributed by atoms with van der Waals surface area (Å²) in [6.45, 7) is 3.24. The zero-order valence-corrected chi connectivity index (χ0v) is 14.3. The van der Waals surface area contributed by atoms with E-state index >= 15 is 0 Å². The second kappa shape index (κ2) is 7.43. The monoisotopic (exact) mass is 325 g/mol. The number of H-pyrrole nitrogens is 1. The molecule has 128 valence electrons. The minimum absolute atomic E-state index is 0.595. The Morgan fingerprint density at radius 1 is 0.958 bits per heavy atom. The topological polar surface area (TPSA) is 57.7 Å². The van der Waals surface area contributed by atoms with Gasteiger partial charge < -0.3 is 0 Å². The van der Waals surface area contributed by atoms with E-state index in [0.29, 0.717) is 11.8 Å². The first-order valence-corrected chi connectivity index (χ1v) is 9.41. The Hall–Kier alpha value is -1.75. The Morgan fingerprint density at radius 3 is 2.38 bits per heavy atom. The highest BCUT2D eigenvalue weighted by atomic mass is 15.1. The summed E-state index contributed by atoms with van der Waals surface area (Å²) in [5.41, 5.74) is 2.53. The maximum atomic E-state index is 4.67. The maximum absolute atomic E-state index is 4.67. The number of nitrogens with one attached hydrogen (secondary N) is 1. The van der Waals surface area contributed by atoms with Crippen LogP contribution in [0.4, 0.5) is 0 Å². The Kier molecular flexibility index (Phi) is 4.88. The Morgan fingerprint density at radius 2 is 1.71 bits per heavy atom. The molecule has 5 nitrogen and oxygen atoms in total. The van der Waals surface area contributed by atoms with E-state index in [0.717, 1.165) is 25.5 Å². The molecule has 2 aliphatic rings. The molecule has 0 unspecified atom stereocenters. The molecule has 1 N–H and O–H groups in total. The van der Waals surface area contributed by atoms with Gasteiger partial charge in [0.1, 0.15) is 5.82 Å². The van der Waals surface area contributed by atoms with Gasteiger partial charge in [-0.3, -0.25) is 10.00 Å². The van der Waals surface area contributed by atoms with E-state index in [1.807, 2.05) is 6.20 Å². The zero-order chi connectivity index (χ0) is 16.2. The summed E-state index contributed by atoms with van der Waals surface area (Å²) in [5, 5.41) is 7.20. The fourth-order valence-corrected chi connectivity index (χ4v) is 4.17. The van der Waals surface area contributed by atoms with Crippen molar-refractivity contribution in [3.05, 3.63) is 41.7 Å². The highest BCUT2D eigenvalue weighted by Crippen LogP contribution is 2.30. The Balaban J connectivity index is 1.30. The Labute approximate surface area is 143 Å². The molecule has 0 spiro atoms. The molecule has 2 aromatic heterocycles. The molecule has 5 heteroatoms. The third-order valence-corrected chi connectivity index (χ3v) is 5.65. The minimum Gasteiger partial charge on any atom is -0.299 e. The normalized spacial score (nSPS) is 21.2. The van der Waals surface area contributed by atoms with Gasteiger partial charge in [0.05, 0.1) is 0 Å². The second-order valence-corrected chi connectivity index (χ2v) is 7.35. The van der Waals surface area contributed by atoms with Gasteiger partial charge in [0.25, 0.3) is 0 Å². The van der Waals surface area contributed by atoms with Crippen LogP contribution < -0.4 is 0 Å². The van der Waals surface area contributed by atoms with Crippen molar-refractivity contribution in [2.75, 3.05) is 13.1 Å². The molecule has 2 fully saturated rings. The van der Waals surface area contributed by atoms with E-state index < -0.39 is 0 Å². The van der Waals surface area contributed by atoms with Crippen molar-refractivity contribution in [2.45, 2.75) is 63.3 Å². The number of nitrogens with zero attached hydrogens (tertiary/aromatic N) is 4. The number of piperidine rings is 1. The van der Waals surface area contributed by atoms with Crippen LogP contribution in [-0.2, 0) is 6.54 Å². The van der Waals surface area contributed by atoms with Crippen LogP contribution in [0.15, 0.2) is 24.7 Å². The predicted octanol–water partition coefficient (Wildman–Crippen LogP) is 3.63. The van der Waals surface area contributed by atoms with Crippen LogP contribution in [0.2, 0.25) is 0 Å². The molecule has 1 aliphatic carbocycles. The number of likely N-dealkylation sites (tertiary alicyclic amines) is 1. The summed E-state index contributed by atoms with van der Waals surface area (Å²) in [5.74, 6) is 2.29. The molecular formula is C19H27N5. The highest BCUT2D eigenvalue weighted by Gasteiger charge is 2.22. The summed E-state index contributed by atoms with van der Waals surface area (Å²) in [6, 6.07) is 2.11. The average molecular weight is 325 g/mol. The number of aromatic amines is 1. The fraction of sp³-hybridized carbons (Fsp3) is 0.632. The van der Waals surface area contributed by atoms with E-state index in [1.165, 1.54) is 56.2 Å². The lowest BCUT2D eigenvalue weighted by Crippen LogP contribution is -2.32. The summed E-state index contributed by atoms with van der Waals surface area (Å²) in [4.78, 5) is 11.9. The summed E-state index contributed by atoms with van der Waals surface area (Å²) in [6.07, 6.45) is 14.9. The van der Waals surface area contributed by atoms with Gasteiger partial charge in [0.2, 0.25) is 0 Å². The van der Waals surface area contributed by atoms with E-state index in [4.69, 9.17) is 0 Å². The molecule has 1 saturated carbocycles. The highest BCUT2D eigenvalue weighted by molar-refractivity contribution is 5.10. The van der Waals surface area contributed by atoms with Crippen LogP contribution in [-0.4, -0.2) is 38.2 Å². The molecular weight excluding hydrogens is 298 g/mol. The quantitative estimate of drug-likeness (QED) is 0.932. The van der Waals surface area contributed by atoms with Crippen molar-refractivity contribution in [3.8, 4) is 0 Å². The van der Waals surface area contributed by atoms with E-state index in [2.05, 4.69) is 43.5 Å². The molecule has 0 atom stereocenters. The molecule has 2 aromatic rings. The molecule has 0 aromatic carbocycles. The van der Waals surface area contributed by atoms with Crippen LogP contribution in [0.1, 0.15) is 73.9 Å². The molecule has 1 aliphatic heterocycles. The van der Waals surface area contributed by atoms with Crippen molar-refractivity contribution in [1.29, 1.82) is 0 Å². The van der Waals surface area contributed by atoms with E-state index in [1.54, 1.807) is 0 Å². The lowest BCUT2D eigenvalue weighted by atomic mass is 9.89. The van der Waals surface area contributed by atoms with Gasteiger partial charge in [-0.1, -0.05) is 19.3 Å². The van der Waals surface area contributed by atoms with Crippen LogP contribution in [0.5, 0.6) is 0 Å². The van der Waals surface area contributed by atoms with Crippen LogP contribution in [0.25, 0.3) is 0 Å². The summed E-state index contributed by atoms with van der Waals surface area (Å²) in [7, 11) is 0. The minimum atomic E-state index is 0.595. The molecule has 24 heavy (non-hydrogen) atoms. The lowest BCUT2D eigenvalue weighted by molar-refractivity contribution is 0.203. The average Bonchev–Trinajstić information content (AvgIpc) is 3.18. The van der Waals surface area contributed by atoms with Crippen molar-refractivity contribution in [1.82, 2.24) is 25.1 Å². The van der Waals surface area contributed by atoms with E-state index in [-0.39, 0.29) is 0 Å². The van der Waals surface area contributed by atoms with Crippen LogP contribution in [0, 0.1) is 0 Å². The van der Waals surface area contributed by atoms with Crippen molar-refractivity contribution < 1.29 is 0 Å². The van der Waals surface area contributed by atoms with Gasteiger partial charge in [-0.05, 0) is 44.8 Å². The maximum Gasteiger partial charge on any atom is 0.131 e. The molecule has 1 saturated heterocycles. The zero-order valence-electron chi connectivity index (χ0n) is 14.3. The number of hydrogen-bond acceptors (Lipinski definition) is 4. The fourth-order valence-electron chi connectivity index (χ4n) is 4.17. The predicted molar refractivity (Wildman–Crippen MR) is 93.7 cm³/mol. The number of hydrogen-bond donors (Lipinski definition) is 1. The standard InChI is InChI=1S/C19H27N5/c1-2-4-17(5-3-1)19-20-12-15(13-21-19)14-24-10-7-16(8-11-24)18-6-9-22-23-18/h6,9,12-13,16-17H,1-5,7-8,10-11,14H2,(H,22,23). The number of aromatic nitrogens is 4. The van der Waals surface area contributed by atoms with Crippen molar-refractivity contribution in [3.63, 3.8) is 0 Å². The molecule has 0 radical (unpaired) electrons. The summed E-state index contributed by atoms with van der Waals surface area (Å²) < 4.78 is 0. The van der Waals surface area contributed by atoms with Gasteiger partial charge >= 0.3 is 0 Å². The molecule has 0 amide bonds. The largest absolute Gasteiger partial charge is 0.299 e. The summed E-state index contributed by atoms with van der Waals surface area (Å²) >= 11 is 0. The first-order valence-electron chi connectivity index (χ1n) is 9.41. The SMILES string of the molecule is c1cc(C2CCN(Cc3cnc(C4CCCCC4)nc3)CC2)[nH]n1. The van der Waals surface area contributed by atoms with Gasteiger partial charge in [-0.15, -0.1) is 0 Å².